The normalized spacial score (nSPS) is 18.4. The van der Waals surface area contributed by atoms with Crippen LogP contribution >= 0.6 is 0 Å². The van der Waals surface area contributed by atoms with E-state index in [1.807, 2.05) is 12.1 Å². The van der Waals surface area contributed by atoms with Crippen LogP contribution in [-0.2, 0) is 16.6 Å². The first kappa shape index (κ1) is 17.2. The lowest BCUT2D eigenvalue weighted by molar-refractivity contribution is 0.0979. The first-order chi connectivity index (χ1) is 11.4. The molecule has 1 amide bonds. The summed E-state index contributed by atoms with van der Waals surface area (Å²) in [5.74, 6) is 0.0476. The van der Waals surface area contributed by atoms with Crippen molar-refractivity contribution in [1.29, 1.82) is 0 Å². The van der Waals surface area contributed by atoms with Gasteiger partial charge in [0.05, 0.1) is 0 Å². The largest absolute Gasteiger partial charge is 0.303 e. The molecule has 2 aliphatic carbocycles. The van der Waals surface area contributed by atoms with E-state index in [2.05, 4.69) is 10.8 Å². The standard InChI is InChI=1S/C18H24N2O3S/c1-20(2)24(22,23)19-18(21)15-9-11-17-14(12-15)8-10-16(17)13-6-4-3-5-7-13/h9-13H,3-8H2,1-2H3,(H,19,21). The Balaban J connectivity index is 1.78. The molecule has 130 valence electrons. The van der Waals surface area contributed by atoms with E-state index in [9.17, 15) is 13.2 Å². The van der Waals surface area contributed by atoms with Crippen LogP contribution in [0.5, 0.6) is 0 Å². The minimum atomic E-state index is -3.77. The summed E-state index contributed by atoms with van der Waals surface area (Å²) in [4.78, 5) is 12.2. The van der Waals surface area contributed by atoms with Crippen LogP contribution in [-0.4, -0.2) is 32.7 Å². The molecule has 1 aromatic carbocycles. The van der Waals surface area contributed by atoms with Gasteiger partial charge in [-0.2, -0.15) is 12.7 Å². The molecular formula is C18H24N2O3S. The third kappa shape index (κ3) is 3.39. The number of nitrogens with one attached hydrogen (secondary N) is 1. The first-order valence-corrected chi connectivity index (χ1v) is 9.90. The van der Waals surface area contributed by atoms with Gasteiger partial charge in [-0.15, -0.1) is 0 Å². The molecule has 5 nitrogen and oxygen atoms in total. The molecule has 1 saturated carbocycles. The summed E-state index contributed by atoms with van der Waals surface area (Å²) >= 11 is 0. The van der Waals surface area contributed by atoms with Crippen LogP contribution in [0, 0.1) is 5.92 Å². The number of hydrogen-bond acceptors (Lipinski definition) is 3. The molecule has 0 aromatic heterocycles. The van der Waals surface area contributed by atoms with E-state index < -0.39 is 16.1 Å². The second kappa shape index (κ2) is 6.69. The van der Waals surface area contributed by atoms with Crippen molar-refractivity contribution in [2.75, 3.05) is 14.1 Å². The van der Waals surface area contributed by atoms with Gasteiger partial charge >= 0.3 is 10.2 Å². The van der Waals surface area contributed by atoms with E-state index in [-0.39, 0.29) is 0 Å². The van der Waals surface area contributed by atoms with Crippen molar-refractivity contribution >= 4 is 21.7 Å². The molecule has 1 fully saturated rings. The van der Waals surface area contributed by atoms with Crippen LogP contribution in [0.2, 0.25) is 0 Å². The fraction of sp³-hybridized carbons (Fsp3) is 0.500. The number of carbonyl (C=O) groups is 1. The zero-order valence-electron chi connectivity index (χ0n) is 14.2. The van der Waals surface area contributed by atoms with Gasteiger partial charge in [0.1, 0.15) is 0 Å². The van der Waals surface area contributed by atoms with E-state index in [1.54, 1.807) is 6.07 Å². The van der Waals surface area contributed by atoms with Crippen molar-refractivity contribution < 1.29 is 13.2 Å². The molecule has 3 rings (SSSR count). The molecule has 0 heterocycles. The van der Waals surface area contributed by atoms with Crippen molar-refractivity contribution in [3.8, 4) is 0 Å². The van der Waals surface area contributed by atoms with E-state index in [4.69, 9.17) is 0 Å². The van der Waals surface area contributed by atoms with Gasteiger partial charge in [0.15, 0.2) is 0 Å². The van der Waals surface area contributed by atoms with Crippen LogP contribution < -0.4 is 4.72 Å². The maximum absolute atomic E-state index is 12.2. The fourth-order valence-electron chi connectivity index (χ4n) is 3.58. The van der Waals surface area contributed by atoms with Crippen molar-refractivity contribution in [2.45, 2.75) is 38.5 Å². The van der Waals surface area contributed by atoms with Gasteiger partial charge in [-0.1, -0.05) is 31.4 Å². The average molecular weight is 348 g/mol. The predicted octanol–water partition coefficient (Wildman–Crippen LogP) is 2.74. The van der Waals surface area contributed by atoms with Gasteiger partial charge in [0.25, 0.3) is 5.91 Å². The third-order valence-electron chi connectivity index (χ3n) is 4.97. The van der Waals surface area contributed by atoms with E-state index >= 15 is 0 Å². The number of allylic oxidation sites excluding steroid dienone is 2. The zero-order chi connectivity index (χ0) is 17.3. The van der Waals surface area contributed by atoms with Gasteiger partial charge in [-0.05, 0) is 54.0 Å². The molecule has 1 N–H and O–H groups in total. The SMILES string of the molecule is CN(C)S(=O)(=O)NC(=O)c1ccc2c(c1)CC=C2C1CCCCC1. The van der Waals surface area contributed by atoms with Crippen LogP contribution in [0.4, 0.5) is 0 Å². The monoisotopic (exact) mass is 348 g/mol. The first-order valence-electron chi connectivity index (χ1n) is 8.46. The van der Waals surface area contributed by atoms with Gasteiger partial charge in [0.2, 0.25) is 0 Å². The molecular weight excluding hydrogens is 324 g/mol. The highest BCUT2D eigenvalue weighted by Crippen LogP contribution is 2.40. The summed E-state index contributed by atoms with van der Waals surface area (Å²) in [6.45, 7) is 0. The molecule has 24 heavy (non-hydrogen) atoms. The Morgan fingerprint density at radius 1 is 1.17 bits per heavy atom. The zero-order valence-corrected chi connectivity index (χ0v) is 15.0. The van der Waals surface area contributed by atoms with Gasteiger partial charge in [-0.25, -0.2) is 4.72 Å². The second-order valence-corrected chi connectivity index (χ2v) is 8.67. The Kier molecular flexibility index (Phi) is 4.78. The summed E-state index contributed by atoms with van der Waals surface area (Å²) in [5, 5.41) is 0. The summed E-state index contributed by atoms with van der Waals surface area (Å²) in [7, 11) is -0.992. The lowest BCUT2D eigenvalue weighted by Crippen LogP contribution is -2.39. The molecule has 0 saturated heterocycles. The van der Waals surface area contributed by atoms with Crippen LogP contribution in [0.3, 0.4) is 0 Å². The topological polar surface area (TPSA) is 66.5 Å². The fourth-order valence-corrected chi connectivity index (χ4v) is 4.12. The molecule has 0 spiro atoms. The minimum absolute atomic E-state index is 0.387. The van der Waals surface area contributed by atoms with Crippen molar-refractivity contribution in [1.82, 2.24) is 9.03 Å². The Bertz CT molecular complexity index is 775. The summed E-state index contributed by atoms with van der Waals surface area (Å²) in [6, 6.07) is 5.52. The maximum atomic E-state index is 12.2. The molecule has 0 radical (unpaired) electrons. The summed E-state index contributed by atoms with van der Waals surface area (Å²) in [5.41, 5.74) is 4.15. The van der Waals surface area contributed by atoms with Gasteiger partial charge < -0.3 is 0 Å². The van der Waals surface area contributed by atoms with Crippen LogP contribution in [0.1, 0.15) is 53.6 Å². The quantitative estimate of drug-likeness (QED) is 0.910. The highest BCUT2D eigenvalue weighted by atomic mass is 32.2. The molecule has 0 bridgehead atoms. The average Bonchev–Trinajstić information content (AvgIpc) is 2.98. The van der Waals surface area contributed by atoms with Crippen molar-refractivity contribution in [2.24, 2.45) is 5.92 Å². The smallest absolute Gasteiger partial charge is 0.268 e. The number of fused-ring (bicyclic) bond motifs is 1. The van der Waals surface area contributed by atoms with Crippen LogP contribution in [0.25, 0.3) is 5.57 Å². The van der Waals surface area contributed by atoms with Gasteiger partial charge in [0, 0.05) is 19.7 Å². The lowest BCUT2D eigenvalue weighted by Gasteiger charge is -2.23. The number of amides is 1. The van der Waals surface area contributed by atoms with Crippen LogP contribution in [0.15, 0.2) is 24.3 Å². The van der Waals surface area contributed by atoms with Crippen molar-refractivity contribution in [3.05, 3.63) is 41.0 Å². The maximum Gasteiger partial charge on any atom is 0.303 e. The Morgan fingerprint density at radius 3 is 2.54 bits per heavy atom. The lowest BCUT2D eigenvalue weighted by atomic mass is 9.81. The molecule has 0 aliphatic heterocycles. The highest BCUT2D eigenvalue weighted by Gasteiger charge is 2.25. The summed E-state index contributed by atoms with van der Waals surface area (Å²) in [6.07, 6.45) is 9.50. The highest BCUT2D eigenvalue weighted by molar-refractivity contribution is 7.87. The number of carbonyl (C=O) groups excluding carboxylic acids is 1. The molecule has 6 heteroatoms. The third-order valence-corrected chi connectivity index (χ3v) is 6.37. The Labute approximate surface area is 143 Å². The molecule has 0 atom stereocenters. The van der Waals surface area contributed by atoms with E-state index in [1.165, 1.54) is 57.3 Å². The van der Waals surface area contributed by atoms with E-state index in [0.29, 0.717) is 11.5 Å². The number of benzene rings is 1. The Morgan fingerprint density at radius 2 is 1.88 bits per heavy atom. The molecule has 0 unspecified atom stereocenters. The molecule has 2 aliphatic rings. The molecule has 1 aromatic rings. The van der Waals surface area contributed by atoms with Crippen molar-refractivity contribution in [3.63, 3.8) is 0 Å². The predicted molar refractivity (Wildman–Crippen MR) is 94.8 cm³/mol. The second-order valence-electron chi connectivity index (χ2n) is 6.79. The minimum Gasteiger partial charge on any atom is -0.268 e. The Hall–Kier alpha value is -1.66. The number of nitrogens with zero attached hydrogens (tertiary/aromatic N) is 1. The number of hydrogen-bond donors (Lipinski definition) is 1. The summed E-state index contributed by atoms with van der Waals surface area (Å²) < 4.78 is 26.6. The van der Waals surface area contributed by atoms with E-state index in [0.717, 1.165) is 16.3 Å². The van der Waals surface area contributed by atoms with Gasteiger partial charge in [-0.3, -0.25) is 4.79 Å². The number of rotatable bonds is 4.